The molecule has 16 heavy (non-hydrogen) atoms. The molecule has 0 aromatic carbocycles. The van der Waals surface area contributed by atoms with Gasteiger partial charge in [-0.1, -0.05) is 6.42 Å². The van der Waals surface area contributed by atoms with Crippen LogP contribution in [0.5, 0.6) is 0 Å². The first-order valence-electron chi connectivity index (χ1n) is 6.33. The topological polar surface area (TPSA) is 43.8 Å². The first kappa shape index (κ1) is 11.9. The van der Waals surface area contributed by atoms with E-state index in [-0.39, 0.29) is 6.04 Å². The summed E-state index contributed by atoms with van der Waals surface area (Å²) < 4.78 is 0. The highest BCUT2D eigenvalue weighted by Gasteiger charge is 2.32. The first-order valence-corrected chi connectivity index (χ1v) is 6.33. The van der Waals surface area contributed by atoms with Crippen LogP contribution in [0.15, 0.2) is 0 Å². The number of fused-ring (bicyclic) bond motifs is 1. The van der Waals surface area contributed by atoms with Crippen molar-refractivity contribution in [1.82, 2.24) is 9.80 Å². The lowest BCUT2D eigenvalue weighted by atomic mass is 9.92. The van der Waals surface area contributed by atoms with E-state index < -0.39 is 5.97 Å². The van der Waals surface area contributed by atoms with Gasteiger partial charge in [-0.3, -0.25) is 9.69 Å². The predicted octanol–water partition coefficient (Wildman–Crippen LogP) is 1.02. The quantitative estimate of drug-likeness (QED) is 0.763. The Balaban J connectivity index is 2.01. The van der Waals surface area contributed by atoms with Crippen molar-refractivity contribution in [3.8, 4) is 0 Å². The number of carbonyl (C=O) groups is 1. The van der Waals surface area contributed by atoms with Crippen LogP contribution in [0, 0.1) is 0 Å². The normalized spacial score (nSPS) is 33.1. The van der Waals surface area contributed by atoms with Gasteiger partial charge in [0.1, 0.15) is 0 Å². The molecule has 0 radical (unpaired) electrons. The molecule has 0 aromatic heterocycles. The standard InChI is InChI=1S/C12H22N2O2/c1-13-6-5-10-3-2-4-11(9-12(15)16)14(10)8-7-13/h10-11H,2-9H2,1H3,(H,15,16). The molecule has 2 aliphatic rings. The van der Waals surface area contributed by atoms with Crippen LogP contribution in [0.4, 0.5) is 0 Å². The van der Waals surface area contributed by atoms with Crippen molar-refractivity contribution < 1.29 is 9.90 Å². The summed E-state index contributed by atoms with van der Waals surface area (Å²) in [4.78, 5) is 15.7. The molecular formula is C12H22N2O2. The summed E-state index contributed by atoms with van der Waals surface area (Å²) in [6.07, 6.45) is 5.03. The lowest BCUT2D eigenvalue weighted by Crippen LogP contribution is -2.48. The Labute approximate surface area is 97.2 Å². The fourth-order valence-electron chi connectivity index (χ4n) is 3.08. The maximum atomic E-state index is 10.9. The summed E-state index contributed by atoms with van der Waals surface area (Å²) in [6.45, 7) is 3.27. The van der Waals surface area contributed by atoms with Gasteiger partial charge in [-0.15, -0.1) is 0 Å². The Hall–Kier alpha value is -0.610. The molecule has 2 rings (SSSR count). The van der Waals surface area contributed by atoms with Crippen molar-refractivity contribution in [2.75, 3.05) is 26.7 Å². The molecular weight excluding hydrogens is 204 g/mol. The largest absolute Gasteiger partial charge is 0.481 e. The number of carboxylic acid groups (broad SMARTS) is 1. The molecule has 0 spiro atoms. The molecule has 0 bridgehead atoms. The van der Waals surface area contributed by atoms with E-state index >= 15 is 0 Å². The van der Waals surface area contributed by atoms with Gasteiger partial charge in [-0.05, 0) is 32.9 Å². The molecule has 4 heteroatoms. The highest BCUT2D eigenvalue weighted by Crippen LogP contribution is 2.28. The Bertz CT molecular complexity index is 257. The molecule has 2 heterocycles. The van der Waals surface area contributed by atoms with Crippen LogP contribution in [0.25, 0.3) is 0 Å². The van der Waals surface area contributed by atoms with Crippen molar-refractivity contribution in [1.29, 1.82) is 0 Å². The molecule has 1 N–H and O–H groups in total. The van der Waals surface area contributed by atoms with Crippen LogP contribution in [0.1, 0.15) is 32.1 Å². The summed E-state index contributed by atoms with van der Waals surface area (Å²) in [7, 11) is 2.16. The van der Waals surface area contributed by atoms with Crippen molar-refractivity contribution in [2.24, 2.45) is 0 Å². The van der Waals surface area contributed by atoms with Gasteiger partial charge in [-0.2, -0.15) is 0 Å². The van der Waals surface area contributed by atoms with Crippen molar-refractivity contribution >= 4 is 5.97 Å². The molecule has 0 aromatic rings. The van der Waals surface area contributed by atoms with Crippen LogP contribution in [-0.4, -0.2) is 59.6 Å². The van der Waals surface area contributed by atoms with Gasteiger partial charge in [0.2, 0.25) is 0 Å². The van der Waals surface area contributed by atoms with Gasteiger partial charge in [0, 0.05) is 25.2 Å². The first-order chi connectivity index (χ1) is 7.66. The molecule has 0 aliphatic carbocycles. The monoisotopic (exact) mass is 226 g/mol. The van der Waals surface area contributed by atoms with E-state index in [0.29, 0.717) is 12.5 Å². The summed E-state index contributed by atoms with van der Waals surface area (Å²) >= 11 is 0. The van der Waals surface area contributed by atoms with Crippen molar-refractivity contribution in [3.63, 3.8) is 0 Å². The summed E-state index contributed by atoms with van der Waals surface area (Å²) in [6, 6.07) is 0.908. The Kier molecular flexibility index (Phi) is 3.82. The number of hydrogen-bond acceptors (Lipinski definition) is 3. The summed E-state index contributed by atoms with van der Waals surface area (Å²) in [5.74, 6) is -0.650. The number of carboxylic acids is 1. The number of piperidine rings is 1. The van der Waals surface area contributed by atoms with Crippen LogP contribution in [0.3, 0.4) is 0 Å². The zero-order valence-corrected chi connectivity index (χ0v) is 10.1. The highest BCUT2D eigenvalue weighted by molar-refractivity contribution is 5.67. The SMILES string of the molecule is CN1CCC2CCCC(CC(=O)O)N2CC1. The predicted molar refractivity (Wildman–Crippen MR) is 62.5 cm³/mol. The third-order valence-corrected chi connectivity index (χ3v) is 4.01. The minimum absolute atomic E-state index is 0.280. The lowest BCUT2D eigenvalue weighted by molar-refractivity contribution is -0.139. The van der Waals surface area contributed by atoms with E-state index in [4.69, 9.17) is 5.11 Å². The van der Waals surface area contributed by atoms with E-state index in [0.717, 1.165) is 26.1 Å². The number of hydrogen-bond donors (Lipinski definition) is 1. The maximum absolute atomic E-state index is 10.9. The molecule has 2 fully saturated rings. The third kappa shape index (κ3) is 2.74. The second kappa shape index (κ2) is 5.15. The molecule has 2 unspecified atom stereocenters. The second-order valence-corrected chi connectivity index (χ2v) is 5.17. The summed E-state index contributed by atoms with van der Waals surface area (Å²) in [5, 5.41) is 8.94. The van der Waals surface area contributed by atoms with Gasteiger partial charge in [0.05, 0.1) is 6.42 Å². The molecule has 4 nitrogen and oxygen atoms in total. The average molecular weight is 226 g/mol. The third-order valence-electron chi connectivity index (χ3n) is 4.01. The number of aliphatic carboxylic acids is 1. The van der Waals surface area contributed by atoms with Gasteiger partial charge in [-0.25, -0.2) is 0 Å². The fourth-order valence-corrected chi connectivity index (χ4v) is 3.08. The van der Waals surface area contributed by atoms with Crippen LogP contribution >= 0.6 is 0 Å². The molecule has 0 amide bonds. The molecule has 2 atom stereocenters. The number of rotatable bonds is 2. The summed E-state index contributed by atoms with van der Waals surface area (Å²) in [5.41, 5.74) is 0. The zero-order chi connectivity index (χ0) is 11.5. The zero-order valence-electron chi connectivity index (χ0n) is 10.1. The molecule has 2 aliphatic heterocycles. The molecule has 2 saturated heterocycles. The number of likely N-dealkylation sites (N-methyl/N-ethyl adjacent to an activating group) is 1. The van der Waals surface area contributed by atoms with E-state index in [9.17, 15) is 4.79 Å². The smallest absolute Gasteiger partial charge is 0.304 e. The average Bonchev–Trinajstić information content (AvgIpc) is 2.41. The van der Waals surface area contributed by atoms with Crippen molar-refractivity contribution in [3.05, 3.63) is 0 Å². The van der Waals surface area contributed by atoms with Gasteiger partial charge >= 0.3 is 5.97 Å². The molecule has 92 valence electrons. The Morgan fingerprint density at radius 3 is 2.81 bits per heavy atom. The second-order valence-electron chi connectivity index (χ2n) is 5.17. The van der Waals surface area contributed by atoms with Crippen LogP contribution < -0.4 is 0 Å². The van der Waals surface area contributed by atoms with Gasteiger partial charge in [0.15, 0.2) is 0 Å². The fraction of sp³-hybridized carbons (Fsp3) is 0.917. The van der Waals surface area contributed by atoms with E-state index in [2.05, 4.69) is 16.8 Å². The van der Waals surface area contributed by atoms with E-state index in [1.807, 2.05) is 0 Å². The number of nitrogens with zero attached hydrogens (tertiary/aromatic N) is 2. The van der Waals surface area contributed by atoms with E-state index in [1.54, 1.807) is 0 Å². The lowest BCUT2D eigenvalue weighted by Gasteiger charge is -2.40. The minimum Gasteiger partial charge on any atom is -0.481 e. The van der Waals surface area contributed by atoms with Gasteiger partial charge in [0.25, 0.3) is 0 Å². The Morgan fingerprint density at radius 1 is 1.25 bits per heavy atom. The maximum Gasteiger partial charge on any atom is 0.304 e. The Morgan fingerprint density at radius 2 is 2.06 bits per heavy atom. The van der Waals surface area contributed by atoms with Crippen LogP contribution in [0.2, 0.25) is 0 Å². The highest BCUT2D eigenvalue weighted by atomic mass is 16.4. The van der Waals surface area contributed by atoms with E-state index in [1.165, 1.54) is 19.3 Å². The molecule has 0 saturated carbocycles. The van der Waals surface area contributed by atoms with Crippen molar-refractivity contribution in [2.45, 2.75) is 44.2 Å². The van der Waals surface area contributed by atoms with Crippen LogP contribution in [-0.2, 0) is 4.79 Å². The minimum atomic E-state index is -0.650. The van der Waals surface area contributed by atoms with Gasteiger partial charge < -0.3 is 10.0 Å².